The first-order valence-corrected chi connectivity index (χ1v) is 8.46. The van der Waals surface area contributed by atoms with Crippen LogP contribution in [0.4, 0.5) is 0 Å². The van der Waals surface area contributed by atoms with Gasteiger partial charge in [-0.15, -0.1) is 0 Å². The van der Waals surface area contributed by atoms with Crippen LogP contribution < -0.4 is 11.2 Å². The van der Waals surface area contributed by atoms with E-state index in [1.165, 1.54) is 16.8 Å². The van der Waals surface area contributed by atoms with E-state index < -0.39 is 11.2 Å². The summed E-state index contributed by atoms with van der Waals surface area (Å²) in [5.41, 5.74) is -1.09. The molecular formula is C16H21N5O5. The summed E-state index contributed by atoms with van der Waals surface area (Å²) in [6, 6.07) is 1.22. The number of nitrogens with one attached hydrogen (secondary N) is 1. The molecule has 1 aliphatic heterocycles. The molecule has 0 unspecified atom stereocenters. The number of carbonyl (C=O) groups is 1. The van der Waals surface area contributed by atoms with Crippen LogP contribution in [-0.4, -0.2) is 57.3 Å². The molecule has 1 atom stereocenters. The van der Waals surface area contributed by atoms with Gasteiger partial charge in [-0.1, -0.05) is 5.16 Å². The first-order valence-electron chi connectivity index (χ1n) is 8.46. The molecular weight excluding hydrogens is 342 g/mol. The Morgan fingerprint density at radius 2 is 2.31 bits per heavy atom. The van der Waals surface area contributed by atoms with Gasteiger partial charge in [0, 0.05) is 38.9 Å². The van der Waals surface area contributed by atoms with Crippen LogP contribution in [-0.2, 0) is 22.5 Å². The van der Waals surface area contributed by atoms with Crippen molar-refractivity contribution >= 4 is 5.91 Å². The van der Waals surface area contributed by atoms with Gasteiger partial charge in [0.2, 0.25) is 11.8 Å². The highest BCUT2D eigenvalue weighted by molar-refractivity contribution is 5.76. The molecule has 2 aromatic rings. The molecule has 140 valence electrons. The number of likely N-dealkylation sites (tertiary alicyclic amines) is 1. The average molecular weight is 363 g/mol. The molecule has 1 saturated heterocycles. The van der Waals surface area contributed by atoms with Crippen LogP contribution in [0.3, 0.4) is 0 Å². The number of aromatic nitrogens is 4. The highest BCUT2D eigenvalue weighted by atomic mass is 16.5. The van der Waals surface area contributed by atoms with Gasteiger partial charge in [0.1, 0.15) is 6.54 Å². The fraction of sp³-hybridized carbons (Fsp3) is 0.562. The summed E-state index contributed by atoms with van der Waals surface area (Å²) in [5, 5.41) is 3.94. The van der Waals surface area contributed by atoms with Crippen LogP contribution in [0.25, 0.3) is 0 Å². The summed E-state index contributed by atoms with van der Waals surface area (Å²) in [4.78, 5) is 43.6. The maximum atomic E-state index is 12.5. The number of hydrogen-bond donors (Lipinski definition) is 1. The normalized spacial score (nSPS) is 17.4. The third-order valence-electron chi connectivity index (χ3n) is 4.34. The summed E-state index contributed by atoms with van der Waals surface area (Å²) in [7, 11) is 1.61. The number of amides is 1. The highest BCUT2D eigenvalue weighted by Crippen LogP contribution is 2.25. The second kappa shape index (κ2) is 8.09. The maximum Gasteiger partial charge on any atom is 0.328 e. The van der Waals surface area contributed by atoms with Crippen LogP contribution >= 0.6 is 0 Å². The Labute approximate surface area is 148 Å². The lowest BCUT2D eigenvalue weighted by Crippen LogP contribution is -2.42. The Balaban J connectivity index is 1.64. The number of H-pyrrole nitrogens is 1. The molecule has 10 heteroatoms. The topological polar surface area (TPSA) is 123 Å². The second-order valence-electron chi connectivity index (χ2n) is 6.21. The molecule has 0 spiro atoms. The van der Waals surface area contributed by atoms with Gasteiger partial charge < -0.3 is 14.2 Å². The van der Waals surface area contributed by atoms with Crippen molar-refractivity contribution < 1.29 is 14.1 Å². The van der Waals surface area contributed by atoms with E-state index in [1.807, 2.05) is 0 Å². The predicted molar refractivity (Wildman–Crippen MR) is 89.8 cm³/mol. The summed E-state index contributed by atoms with van der Waals surface area (Å²) in [5.74, 6) is 0.895. The zero-order valence-electron chi connectivity index (χ0n) is 14.5. The quantitative estimate of drug-likeness (QED) is 0.735. The fourth-order valence-corrected chi connectivity index (χ4v) is 2.95. The smallest absolute Gasteiger partial charge is 0.328 e. The number of hydrogen-bond acceptors (Lipinski definition) is 7. The van der Waals surface area contributed by atoms with E-state index in [-0.39, 0.29) is 18.4 Å². The van der Waals surface area contributed by atoms with Gasteiger partial charge in [0.05, 0.1) is 12.5 Å². The number of rotatable bonds is 6. The Morgan fingerprint density at radius 1 is 1.46 bits per heavy atom. The van der Waals surface area contributed by atoms with Gasteiger partial charge in [0.15, 0.2) is 5.82 Å². The van der Waals surface area contributed by atoms with Crippen LogP contribution in [0.2, 0.25) is 0 Å². The van der Waals surface area contributed by atoms with Crippen molar-refractivity contribution in [2.75, 3.05) is 26.8 Å². The third-order valence-corrected chi connectivity index (χ3v) is 4.34. The van der Waals surface area contributed by atoms with Gasteiger partial charge in [-0.05, 0) is 12.8 Å². The zero-order chi connectivity index (χ0) is 18.5. The van der Waals surface area contributed by atoms with Crippen LogP contribution in [0.15, 0.2) is 26.4 Å². The largest absolute Gasteiger partial charge is 0.384 e. The van der Waals surface area contributed by atoms with Crippen molar-refractivity contribution in [3.63, 3.8) is 0 Å². The number of methoxy groups -OCH3 is 1. The zero-order valence-corrected chi connectivity index (χ0v) is 14.5. The Morgan fingerprint density at radius 3 is 3.08 bits per heavy atom. The number of aromatic amines is 1. The lowest BCUT2D eigenvalue weighted by molar-refractivity contribution is -0.133. The van der Waals surface area contributed by atoms with Crippen molar-refractivity contribution in [2.24, 2.45) is 0 Å². The molecule has 0 saturated carbocycles. The van der Waals surface area contributed by atoms with Crippen molar-refractivity contribution in [3.05, 3.63) is 44.8 Å². The molecule has 1 amide bonds. The molecule has 26 heavy (non-hydrogen) atoms. The van der Waals surface area contributed by atoms with E-state index in [0.717, 1.165) is 12.8 Å². The van der Waals surface area contributed by atoms with Gasteiger partial charge in [-0.2, -0.15) is 4.98 Å². The molecule has 0 aliphatic carbocycles. The van der Waals surface area contributed by atoms with E-state index >= 15 is 0 Å². The molecule has 3 heterocycles. The van der Waals surface area contributed by atoms with Crippen LogP contribution in [0, 0.1) is 0 Å². The Hall–Kier alpha value is -2.75. The maximum absolute atomic E-state index is 12.5. The molecule has 0 radical (unpaired) electrons. The molecule has 1 N–H and O–H groups in total. The molecule has 0 bridgehead atoms. The first-order chi connectivity index (χ1) is 12.6. The minimum atomic E-state index is -0.598. The van der Waals surface area contributed by atoms with Gasteiger partial charge in [-0.25, -0.2) is 4.79 Å². The Kier molecular flexibility index (Phi) is 5.61. The number of carbonyl (C=O) groups excluding carboxylic acids is 1. The summed E-state index contributed by atoms with van der Waals surface area (Å²) >= 11 is 0. The van der Waals surface area contributed by atoms with Crippen LogP contribution in [0.1, 0.15) is 30.5 Å². The lowest BCUT2D eigenvalue weighted by Gasteiger charge is -2.31. The van der Waals surface area contributed by atoms with Gasteiger partial charge in [0.25, 0.3) is 5.56 Å². The third kappa shape index (κ3) is 4.26. The van der Waals surface area contributed by atoms with E-state index in [2.05, 4.69) is 15.1 Å². The van der Waals surface area contributed by atoms with E-state index in [4.69, 9.17) is 9.26 Å². The van der Waals surface area contributed by atoms with E-state index in [0.29, 0.717) is 37.8 Å². The van der Waals surface area contributed by atoms with Crippen LogP contribution in [0.5, 0.6) is 0 Å². The van der Waals surface area contributed by atoms with E-state index in [1.54, 1.807) is 12.0 Å². The molecule has 1 fully saturated rings. The summed E-state index contributed by atoms with van der Waals surface area (Å²) < 4.78 is 11.5. The van der Waals surface area contributed by atoms with Crippen molar-refractivity contribution in [2.45, 2.75) is 31.7 Å². The minimum absolute atomic E-state index is 0.0243. The predicted octanol–water partition coefficient (Wildman–Crippen LogP) is -0.485. The van der Waals surface area contributed by atoms with Gasteiger partial charge >= 0.3 is 5.69 Å². The fourth-order valence-electron chi connectivity index (χ4n) is 2.95. The minimum Gasteiger partial charge on any atom is -0.384 e. The Bertz CT molecular complexity index is 870. The van der Waals surface area contributed by atoms with Crippen molar-refractivity contribution in [3.8, 4) is 0 Å². The molecule has 1 aliphatic rings. The van der Waals surface area contributed by atoms with E-state index in [9.17, 15) is 14.4 Å². The molecule has 10 nitrogen and oxygen atoms in total. The first kappa shape index (κ1) is 18.1. The SMILES string of the molecule is COCCc1noc([C@H]2CCCN(C(=O)Cn3ccc(=O)[nH]c3=O)C2)n1. The summed E-state index contributed by atoms with van der Waals surface area (Å²) in [6.07, 6.45) is 3.56. The standard InChI is InChI=1S/C16H21N5O5/c1-25-8-5-12-17-15(26-19-12)11-3-2-6-20(9-11)14(23)10-21-7-4-13(22)18-16(21)24/h4,7,11H,2-3,5-6,8-10H2,1H3,(H,18,22,24)/t11-/m0/s1. The van der Waals surface area contributed by atoms with Crippen molar-refractivity contribution in [1.29, 1.82) is 0 Å². The summed E-state index contributed by atoms with van der Waals surface area (Å²) in [6.45, 7) is 1.47. The average Bonchev–Trinajstić information content (AvgIpc) is 3.11. The number of nitrogens with zero attached hydrogens (tertiary/aromatic N) is 4. The van der Waals surface area contributed by atoms with Gasteiger partial charge in [-0.3, -0.25) is 19.1 Å². The highest BCUT2D eigenvalue weighted by Gasteiger charge is 2.28. The molecule has 2 aromatic heterocycles. The number of piperidine rings is 1. The second-order valence-corrected chi connectivity index (χ2v) is 6.21. The molecule has 3 rings (SSSR count). The lowest BCUT2D eigenvalue weighted by atomic mass is 9.98. The monoisotopic (exact) mass is 363 g/mol. The van der Waals surface area contributed by atoms with Crippen molar-refractivity contribution in [1.82, 2.24) is 24.6 Å². The molecule has 0 aromatic carbocycles. The number of ether oxygens (including phenoxy) is 1.